The molecule has 1 heterocycles. The highest BCUT2D eigenvalue weighted by atomic mass is 79.9. The van der Waals surface area contributed by atoms with E-state index in [2.05, 4.69) is 34.2 Å². The van der Waals surface area contributed by atoms with Gasteiger partial charge in [0.05, 0.1) is 10.9 Å². The Morgan fingerprint density at radius 3 is 2.87 bits per heavy atom. The molecule has 1 amide bonds. The number of carbonyl (C=O) groups excluding carboxylic acids is 1. The van der Waals surface area contributed by atoms with Crippen LogP contribution in [0.2, 0.25) is 0 Å². The van der Waals surface area contributed by atoms with Gasteiger partial charge in [0.2, 0.25) is 5.91 Å². The highest BCUT2D eigenvalue weighted by Gasteiger charge is 2.16. The second-order valence-corrected chi connectivity index (χ2v) is 5.83. The summed E-state index contributed by atoms with van der Waals surface area (Å²) in [5, 5.41) is 5.09. The first kappa shape index (κ1) is 12.7. The lowest BCUT2D eigenvalue weighted by Crippen LogP contribution is -2.32. The van der Waals surface area contributed by atoms with E-state index in [1.807, 2.05) is 18.4 Å². The second kappa shape index (κ2) is 6.28. The van der Waals surface area contributed by atoms with Crippen molar-refractivity contribution in [3.05, 3.63) is 22.4 Å². The van der Waals surface area contributed by atoms with E-state index in [0.717, 1.165) is 12.8 Å². The Morgan fingerprint density at radius 2 is 2.40 bits per heavy atom. The van der Waals surface area contributed by atoms with Crippen LogP contribution in [0.15, 0.2) is 17.5 Å². The van der Waals surface area contributed by atoms with Crippen molar-refractivity contribution in [1.82, 2.24) is 5.32 Å². The summed E-state index contributed by atoms with van der Waals surface area (Å²) in [6.45, 7) is 3.97. The monoisotopic (exact) mass is 289 g/mol. The Kier molecular flexibility index (Phi) is 5.32. The van der Waals surface area contributed by atoms with Crippen LogP contribution in [0, 0.1) is 0 Å². The molecule has 1 aromatic heterocycles. The molecule has 1 rings (SSSR count). The highest BCUT2D eigenvalue weighted by molar-refractivity contribution is 9.10. The summed E-state index contributed by atoms with van der Waals surface area (Å²) in [6.07, 6.45) is 2.06. The summed E-state index contributed by atoms with van der Waals surface area (Å²) in [4.78, 5) is 12.7. The zero-order chi connectivity index (χ0) is 11.3. The van der Waals surface area contributed by atoms with Gasteiger partial charge in [-0.2, -0.15) is 0 Å². The van der Waals surface area contributed by atoms with Gasteiger partial charge in [-0.1, -0.05) is 35.3 Å². The first-order valence-corrected chi connectivity index (χ1v) is 6.92. The Morgan fingerprint density at radius 1 is 1.67 bits per heavy atom. The molecule has 15 heavy (non-hydrogen) atoms. The molecular formula is C11H16BrNOS. The molecule has 0 radical (unpaired) electrons. The van der Waals surface area contributed by atoms with Crippen LogP contribution in [-0.2, 0) is 4.79 Å². The van der Waals surface area contributed by atoms with Crippen molar-refractivity contribution in [2.75, 3.05) is 0 Å². The molecule has 0 bridgehead atoms. The van der Waals surface area contributed by atoms with Gasteiger partial charge in [0.25, 0.3) is 0 Å². The SMILES string of the molecule is CCCC(NC(=O)C(C)Br)c1cccs1. The van der Waals surface area contributed by atoms with Gasteiger partial charge >= 0.3 is 0 Å². The molecule has 2 unspecified atom stereocenters. The van der Waals surface area contributed by atoms with Gasteiger partial charge in [0, 0.05) is 4.88 Å². The third kappa shape index (κ3) is 3.95. The fraction of sp³-hybridized carbons (Fsp3) is 0.545. The molecule has 2 nitrogen and oxygen atoms in total. The largest absolute Gasteiger partial charge is 0.348 e. The lowest BCUT2D eigenvalue weighted by atomic mass is 10.1. The van der Waals surface area contributed by atoms with Crippen LogP contribution >= 0.6 is 27.3 Å². The van der Waals surface area contributed by atoms with E-state index >= 15 is 0 Å². The summed E-state index contributed by atoms with van der Waals surface area (Å²) in [6, 6.07) is 4.26. The Bertz CT molecular complexity index is 298. The number of thiophene rings is 1. The van der Waals surface area contributed by atoms with Crippen molar-refractivity contribution in [3.63, 3.8) is 0 Å². The van der Waals surface area contributed by atoms with Crippen LogP contribution in [0.1, 0.15) is 37.6 Å². The van der Waals surface area contributed by atoms with E-state index in [1.54, 1.807) is 11.3 Å². The van der Waals surface area contributed by atoms with E-state index in [0.29, 0.717) is 0 Å². The van der Waals surface area contributed by atoms with Crippen molar-refractivity contribution in [1.29, 1.82) is 0 Å². The molecule has 0 saturated carbocycles. The van der Waals surface area contributed by atoms with E-state index in [-0.39, 0.29) is 16.8 Å². The molecule has 0 aromatic carbocycles. The molecule has 84 valence electrons. The van der Waals surface area contributed by atoms with Gasteiger partial charge < -0.3 is 5.32 Å². The first-order valence-electron chi connectivity index (χ1n) is 5.13. The first-order chi connectivity index (χ1) is 7.15. The number of halogens is 1. The van der Waals surface area contributed by atoms with E-state index in [4.69, 9.17) is 0 Å². The number of nitrogens with one attached hydrogen (secondary N) is 1. The fourth-order valence-corrected chi connectivity index (χ4v) is 2.29. The van der Waals surface area contributed by atoms with Crippen LogP contribution in [0.4, 0.5) is 0 Å². The Balaban J connectivity index is 2.63. The Labute approximate surface area is 103 Å². The van der Waals surface area contributed by atoms with Crippen molar-refractivity contribution in [2.24, 2.45) is 0 Å². The van der Waals surface area contributed by atoms with E-state index < -0.39 is 0 Å². The fourth-order valence-electron chi connectivity index (χ4n) is 1.35. The van der Waals surface area contributed by atoms with Gasteiger partial charge in [-0.15, -0.1) is 11.3 Å². The number of rotatable bonds is 5. The molecular weight excluding hydrogens is 274 g/mol. The predicted octanol–water partition coefficient (Wildman–Crippen LogP) is 3.49. The van der Waals surface area contributed by atoms with Crippen molar-refractivity contribution >= 4 is 33.2 Å². The summed E-state index contributed by atoms with van der Waals surface area (Å²) in [5.74, 6) is 0.0573. The third-order valence-corrected chi connectivity index (χ3v) is 3.54. The molecule has 0 aliphatic rings. The zero-order valence-corrected chi connectivity index (χ0v) is 11.4. The van der Waals surface area contributed by atoms with Crippen LogP contribution in [0.5, 0.6) is 0 Å². The van der Waals surface area contributed by atoms with Gasteiger partial charge in [-0.05, 0) is 24.8 Å². The third-order valence-electron chi connectivity index (χ3n) is 2.14. The lowest BCUT2D eigenvalue weighted by molar-refractivity contribution is -0.120. The highest BCUT2D eigenvalue weighted by Crippen LogP contribution is 2.23. The van der Waals surface area contributed by atoms with Gasteiger partial charge in [0.1, 0.15) is 0 Å². The van der Waals surface area contributed by atoms with Crippen LogP contribution in [0.3, 0.4) is 0 Å². The number of hydrogen-bond donors (Lipinski definition) is 1. The summed E-state index contributed by atoms with van der Waals surface area (Å²) in [5.41, 5.74) is 0. The van der Waals surface area contributed by atoms with Gasteiger partial charge in [-0.3, -0.25) is 4.79 Å². The average Bonchev–Trinajstić information content (AvgIpc) is 2.69. The minimum atomic E-state index is -0.128. The summed E-state index contributed by atoms with van der Waals surface area (Å²) < 4.78 is 0. The average molecular weight is 290 g/mol. The van der Waals surface area contributed by atoms with Crippen LogP contribution in [-0.4, -0.2) is 10.7 Å². The van der Waals surface area contributed by atoms with Crippen LogP contribution in [0.25, 0.3) is 0 Å². The maximum Gasteiger partial charge on any atom is 0.234 e. The molecule has 0 saturated heterocycles. The summed E-state index contributed by atoms with van der Waals surface area (Å²) in [7, 11) is 0. The van der Waals surface area contributed by atoms with Gasteiger partial charge in [0.15, 0.2) is 0 Å². The second-order valence-electron chi connectivity index (χ2n) is 3.48. The molecule has 0 aliphatic heterocycles. The minimum Gasteiger partial charge on any atom is -0.348 e. The lowest BCUT2D eigenvalue weighted by Gasteiger charge is -2.17. The topological polar surface area (TPSA) is 29.1 Å². The minimum absolute atomic E-state index is 0.0573. The number of alkyl halides is 1. The number of carbonyl (C=O) groups is 1. The molecule has 1 aromatic rings. The van der Waals surface area contributed by atoms with Crippen molar-refractivity contribution in [2.45, 2.75) is 37.6 Å². The van der Waals surface area contributed by atoms with E-state index in [9.17, 15) is 4.79 Å². The molecule has 1 N–H and O–H groups in total. The van der Waals surface area contributed by atoms with Crippen molar-refractivity contribution in [3.8, 4) is 0 Å². The number of hydrogen-bond acceptors (Lipinski definition) is 2. The normalized spacial score (nSPS) is 14.6. The standard InChI is InChI=1S/C11H16BrNOS/c1-3-5-9(10-6-4-7-15-10)13-11(14)8(2)12/h4,6-9H,3,5H2,1-2H3,(H,13,14). The van der Waals surface area contributed by atoms with Crippen LogP contribution < -0.4 is 5.32 Å². The maximum absolute atomic E-state index is 11.6. The molecule has 2 atom stereocenters. The van der Waals surface area contributed by atoms with E-state index in [1.165, 1.54) is 4.88 Å². The summed E-state index contributed by atoms with van der Waals surface area (Å²) >= 11 is 4.97. The molecule has 0 aliphatic carbocycles. The smallest absolute Gasteiger partial charge is 0.234 e. The maximum atomic E-state index is 11.6. The molecule has 0 fully saturated rings. The molecule has 4 heteroatoms. The predicted molar refractivity (Wildman–Crippen MR) is 68.5 cm³/mol. The van der Waals surface area contributed by atoms with Gasteiger partial charge in [-0.25, -0.2) is 0 Å². The Hall–Kier alpha value is -0.350. The quantitative estimate of drug-likeness (QED) is 0.826. The number of amides is 1. The molecule has 0 spiro atoms. The zero-order valence-electron chi connectivity index (χ0n) is 9.00. The van der Waals surface area contributed by atoms with Crippen molar-refractivity contribution < 1.29 is 4.79 Å².